The van der Waals surface area contributed by atoms with Crippen molar-refractivity contribution < 1.29 is 19.1 Å². The number of para-hydroxylation sites is 3. The van der Waals surface area contributed by atoms with E-state index in [9.17, 15) is 14.4 Å². The van der Waals surface area contributed by atoms with Crippen LogP contribution in [0, 0.1) is 0 Å². The van der Waals surface area contributed by atoms with Crippen LogP contribution >= 0.6 is 0 Å². The van der Waals surface area contributed by atoms with Gasteiger partial charge in [0.25, 0.3) is 17.7 Å². The molecule has 3 aromatic rings. The number of hydrogen-bond acceptors (Lipinski definition) is 5. The first-order valence-electron chi connectivity index (χ1n) is 8.59. The Morgan fingerprint density at radius 1 is 1.00 bits per heavy atom. The van der Waals surface area contributed by atoms with Crippen molar-refractivity contribution in [1.82, 2.24) is 15.8 Å². The number of pyridine rings is 1. The van der Waals surface area contributed by atoms with E-state index >= 15 is 0 Å². The van der Waals surface area contributed by atoms with E-state index in [2.05, 4.69) is 15.8 Å². The molecular weight excluding hydrogens is 360 g/mol. The van der Waals surface area contributed by atoms with E-state index in [1.165, 1.54) is 4.90 Å². The van der Waals surface area contributed by atoms with Crippen molar-refractivity contribution in [1.29, 1.82) is 0 Å². The molecule has 0 atom stereocenters. The molecule has 0 saturated carbocycles. The number of carbonyl (C=O) groups excluding carboxylic acids is 3. The third-order valence-corrected chi connectivity index (χ3v) is 4.26. The zero-order valence-electron chi connectivity index (χ0n) is 14.7. The van der Waals surface area contributed by atoms with Crippen molar-refractivity contribution in [2.75, 3.05) is 18.1 Å². The van der Waals surface area contributed by atoms with Gasteiger partial charge in [0.1, 0.15) is 18.0 Å². The lowest BCUT2D eigenvalue weighted by Gasteiger charge is -2.28. The van der Waals surface area contributed by atoms with Crippen LogP contribution in [-0.2, 0) is 9.59 Å². The molecule has 140 valence electrons. The van der Waals surface area contributed by atoms with Crippen molar-refractivity contribution in [3.05, 3.63) is 66.4 Å². The monoisotopic (exact) mass is 376 g/mol. The Kier molecular flexibility index (Phi) is 4.59. The Balaban J connectivity index is 1.40. The molecule has 0 radical (unpaired) electrons. The number of fused-ring (bicyclic) bond motifs is 2. The lowest BCUT2D eigenvalue weighted by Crippen LogP contribution is -2.49. The Hall–Kier alpha value is -3.94. The second-order valence-electron chi connectivity index (χ2n) is 6.13. The van der Waals surface area contributed by atoms with Crippen LogP contribution in [-0.4, -0.2) is 35.9 Å². The van der Waals surface area contributed by atoms with E-state index in [1.54, 1.807) is 42.5 Å². The Morgan fingerprint density at radius 2 is 1.79 bits per heavy atom. The normalized spacial score (nSPS) is 12.9. The van der Waals surface area contributed by atoms with E-state index in [-0.39, 0.29) is 24.8 Å². The van der Waals surface area contributed by atoms with Crippen LogP contribution in [0.3, 0.4) is 0 Å². The third kappa shape index (κ3) is 3.48. The van der Waals surface area contributed by atoms with E-state index in [0.29, 0.717) is 17.0 Å². The smallest absolute Gasteiger partial charge is 0.288 e. The number of hydrazine groups is 1. The van der Waals surface area contributed by atoms with Gasteiger partial charge in [0.2, 0.25) is 0 Å². The molecule has 0 fully saturated rings. The van der Waals surface area contributed by atoms with Crippen molar-refractivity contribution >= 4 is 34.3 Å². The lowest BCUT2D eigenvalue weighted by atomic mass is 10.2. The molecule has 0 aliphatic carbocycles. The molecule has 8 nitrogen and oxygen atoms in total. The highest BCUT2D eigenvalue weighted by Gasteiger charge is 2.27. The quantitative estimate of drug-likeness (QED) is 0.674. The molecule has 0 saturated heterocycles. The molecule has 2 aromatic carbocycles. The van der Waals surface area contributed by atoms with Gasteiger partial charge in [0.15, 0.2) is 6.61 Å². The predicted octanol–water partition coefficient (Wildman–Crippen LogP) is 1.42. The maximum atomic E-state index is 12.3. The highest BCUT2D eigenvalue weighted by atomic mass is 16.5. The number of ether oxygens (including phenoxy) is 1. The van der Waals surface area contributed by atoms with E-state index < -0.39 is 11.8 Å². The summed E-state index contributed by atoms with van der Waals surface area (Å²) in [6.45, 7) is -0.387. The van der Waals surface area contributed by atoms with Crippen molar-refractivity contribution in [3.63, 3.8) is 0 Å². The largest absolute Gasteiger partial charge is 0.482 e. The summed E-state index contributed by atoms with van der Waals surface area (Å²) in [6.07, 6.45) is 0. The van der Waals surface area contributed by atoms with E-state index in [0.717, 1.165) is 5.39 Å². The minimum atomic E-state index is -0.548. The summed E-state index contributed by atoms with van der Waals surface area (Å²) >= 11 is 0. The fourth-order valence-electron chi connectivity index (χ4n) is 2.89. The molecular formula is C20H16N4O4. The van der Waals surface area contributed by atoms with Gasteiger partial charge in [-0.3, -0.25) is 30.1 Å². The van der Waals surface area contributed by atoms with Crippen molar-refractivity contribution in [2.24, 2.45) is 0 Å². The number of amides is 3. The van der Waals surface area contributed by atoms with Crippen molar-refractivity contribution in [3.8, 4) is 5.75 Å². The number of nitrogens with zero attached hydrogens (tertiary/aromatic N) is 2. The molecule has 1 aliphatic rings. The summed E-state index contributed by atoms with van der Waals surface area (Å²) in [4.78, 5) is 42.2. The molecule has 2 heterocycles. The average Bonchev–Trinajstić information content (AvgIpc) is 2.73. The van der Waals surface area contributed by atoms with E-state index in [1.807, 2.05) is 18.2 Å². The number of hydrogen-bond donors (Lipinski definition) is 2. The highest BCUT2D eigenvalue weighted by Crippen LogP contribution is 2.31. The summed E-state index contributed by atoms with van der Waals surface area (Å²) in [5.41, 5.74) is 6.00. The minimum Gasteiger partial charge on any atom is -0.482 e. The second kappa shape index (κ2) is 7.36. The average molecular weight is 376 g/mol. The summed E-state index contributed by atoms with van der Waals surface area (Å²) in [7, 11) is 0. The minimum absolute atomic E-state index is 0.141. The molecule has 4 rings (SSSR count). The number of aromatic nitrogens is 1. The van der Waals surface area contributed by atoms with Gasteiger partial charge < -0.3 is 4.74 Å². The van der Waals surface area contributed by atoms with E-state index in [4.69, 9.17) is 4.74 Å². The van der Waals surface area contributed by atoms with Crippen LogP contribution in [0.4, 0.5) is 5.69 Å². The van der Waals surface area contributed by atoms with Gasteiger partial charge in [0, 0.05) is 5.39 Å². The maximum Gasteiger partial charge on any atom is 0.288 e. The van der Waals surface area contributed by atoms with Gasteiger partial charge in [-0.25, -0.2) is 4.98 Å². The molecule has 0 bridgehead atoms. The van der Waals surface area contributed by atoms with Gasteiger partial charge >= 0.3 is 0 Å². The fraction of sp³-hybridized carbons (Fsp3) is 0.100. The zero-order valence-corrected chi connectivity index (χ0v) is 14.7. The maximum absolute atomic E-state index is 12.3. The zero-order chi connectivity index (χ0) is 19.5. The molecule has 2 N–H and O–H groups in total. The Morgan fingerprint density at radius 3 is 2.68 bits per heavy atom. The van der Waals surface area contributed by atoms with Gasteiger partial charge in [-0.05, 0) is 24.3 Å². The van der Waals surface area contributed by atoms with Gasteiger partial charge in [-0.1, -0.05) is 36.4 Å². The van der Waals surface area contributed by atoms with Crippen LogP contribution in [0.1, 0.15) is 10.5 Å². The standard InChI is InChI=1S/C20H16N4O4/c25-18(11-24-16-7-3-4-8-17(16)28-12-19(24)26)22-23-20(27)15-10-9-13-5-1-2-6-14(13)21-15/h1-10H,11-12H2,(H,22,25)(H,23,27). The number of rotatable bonds is 3. The Bertz CT molecular complexity index is 1080. The van der Waals surface area contributed by atoms with Gasteiger partial charge in [0.05, 0.1) is 11.2 Å². The fourth-order valence-corrected chi connectivity index (χ4v) is 2.89. The number of carbonyl (C=O) groups is 3. The van der Waals surface area contributed by atoms with Gasteiger partial charge in [-0.2, -0.15) is 0 Å². The SMILES string of the molecule is O=C(CN1C(=O)COc2ccccc21)NNC(=O)c1ccc2ccccc2n1. The molecule has 0 unspecified atom stereocenters. The summed E-state index contributed by atoms with van der Waals surface area (Å²) in [5, 5.41) is 0.910. The highest BCUT2D eigenvalue weighted by molar-refractivity contribution is 6.02. The number of benzene rings is 2. The lowest BCUT2D eigenvalue weighted by molar-refractivity contribution is -0.125. The molecule has 1 aromatic heterocycles. The first-order chi connectivity index (χ1) is 13.6. The number of nitrogens with one attached hydrogen (secondary N) is 2. The van der Waals surface area contributed by atoms with Gasteiger partial charge in [-0.15, -0.1) is 0 Å². The first-order valence-corrected chi connectivity index (χ1v) is 8.59. The third-order valence-electron chi connectivity index (χ3n) is 4.26. The Labute approximate surface area is 160 Å². The molecule has 3 amide bonds. The predicted molar refractivity (Wildman–Crippen MR) is 102 cm³/mol. The van der Waals surface area contributed by atoms with Crippen molar-refractivity contribution in [2.45, 2.75) is 0 Å². The topological polar surface area (TPSA) is 101 Å². The second-order valence-corrected chi connectivity index (χ2v) is 6.13. The molecule has 1 aliphatic heterocycles. The van der Waals surface area contributed by atoms with Crippen LogP contribution in [0.5, 0.6) is 5.75 Å². The summed E-state index contributed by atoms with van der Waals surface area (Å²) in [6, 6.07) is 17.7. The molecule has 8 heteroatoms. The summed E-state index contributed by atoms with van der Waals surface area (Å²) in [5.74, 6) is -0.900. The van der Waals surface area contributed by atoms with Crippen LogP contribution in [0.15, 0.2) is 60.7 Å². The number of anilines is 1. The molecule has 28 heavy (non-hydrogen) atoms. The van der Waals surface area contributed by atoms with Crippen LogP contribution < -0.4 is 20.5 Å². The molecule has 0 spiro atoms. The first kappa shape index (κ1) is 17.5. The summed E-state index contributed by atoms with van der Waals surface area (Å²) < 4.78 is 5.34. The van der Waals surface area contributed by atoms with Crippen LogP contribution in [0.25, 0.3) is 10.9 Å². The van der Waals surface area contributed by atoms with Crippen LogP contribution in [0.2, 0.25) is 0 Å².